The van der Waals surface area contributed by atoms with Gasteiger partial charge in [0.05, 0.1) is 6.54 Å². The van der Waals surface area contributed by atoms with Crippen molar-refractivity contribution in [1.29, 1.82) is 0 Å². The molecule has 2 rings (SSSR count). The molecule has 1 aromatic heterocycles. The molecular formula is C16H24N6O. The molecule has 23 heavy (non-hydrogen) atoms. The summed E-state index contributed by atoms with van der Waals surface area (Å²) >= 11 is 0. The van der Waals surface area contributed by atoms with E-state index >= 15 is 0 Å². The van der Waals surface area contributed by atoms with Crippen LogP contribution in [0.4, 0.5) is 0 Å². The number of hydrogen-bond donors (Lipinski definition) is 2. The van der Waals surface area contributed by atoms with E-state index in [0.29, 0.717) is 13.1 Å². The van der Waals surface area contributed by atoms with Gasteiger partial charge in [-0.3, -0.25) is 4.68 Å². The van der Waals surface area contributed by atoms with Gasteiger partial charge in [-0.1, -0.05) is 18.2 Å². The summed E-state index contributed by atoms with van der Waals surface area (Å²) in [7, 11) is 1.86. The summed E-state index contributed by atoms with van der Waals surface area (Å²) < 4.78 is 7.56. The standard InChI is InChI=1S/C16H24N6O/c1-4-17-16(19-11-15-20-12-21-22(15)3)18-10-13(2)23-14-8-6-5-7-9-14/h5-9,12-13H,4,10-11H2,1-3H3,(H2,17,18,19). The molecule has 0 fully saturated rings. The second-order valence-corrected chi connectivity index (χ2v) is 5.12. The van der Waals surface area contributed by atoms with E-state index in [9.17, 15) is 0 Å². The van der Waals surface area contributed by atoms with Gasteiger partial charge >= 0.3 is 0 Å². The zero-order chi connectivity index (χ0) is 16.5. The van der Waals surface area contributed by atoms with Gasteiger partial charge in [-0.05, 0) is 26.0 Å². The number of rotatable bonds is 7. The lowest BCUT2D eigenvalue weighted by Crippen LogP contribution is -2.41. The van der Waals surface area contributed by atoms with Crippen LogP contribution in [0.1, 0.15) is 19.7 Å². The molecule has 2 N–H and O–H groups in total. The van der Waals surface area contributed by atoms with Crippen LogP contribution in [-0.2, 0) is 13.6 Å². The van der Waals surface area contributed by atoms with Crippen molar-refractivity contribution in [2.24, 2.45) is 12.0 Å². The number of aryl methyl sites for hydroxylation is 1. The lowest BCUT2D eigenvalue weighted by Gasteiger charge is -2.17. The number of aromatic nitrogens is 3. The summed E-state index contributed by atoms with van der Waals surface area (Å²) in [5.41, 5.74) is 0. The van der Waals surface area contributed by atoms with Crippen LogP contribution in [0.2, 0.25) is 0 Å². The topological polar surface area (TPSA) is 76.4 Å². The van der Waals surface area contributed by atoms with E-state index in [-0.39, 0.29) is 6.10 Å². The maximum atomic E-state index is 5.84. The van der Waals surface area contributed by atoms with Crippen molar-refractivity contribution in [3.8, 4) is 5.75 Å². The third-order valence-electron chi connectivity index (χ3n) is 3.17. The van der Waals surface area contributed by atoms with Gasteiger partial charge in [0.1, 0.15) is 30.5 Å². The first-order valence-electron chi connectivity index (χ1n) is 7.75. The van der Waals surface area contributed by atoms with Crippen LogP contribution in [0.3, 0.4) is 0 Å². The summed E-state index contributed by atoms with van der Waals surface area (Å²) in [5, 5.41) is 10.5. The maximum Gasteiger partial charge on any atom is 0.191 e. The monoisotopic (exact) mass is 316 g/mol. The number of benzene rings is 1. The van der Waals surface area contributed by atoms with Gasteiger partial charge in [0.25, 0.3) is 0 Å². The van der Waals surface area contributed by atoms with E-state index in [1.54, 1.807) is 4.68 Å². The van der Waals surface area contributed by atoms with Crippen molar-refractivity contribution in [3.05, 3.63) is 42.5 Å². The number of para-hydroxylation sites is 1. The highest BCUT2D eigenvalue weighted by Gasteiger charge is 2.06. The molecular weight excluding hydrogens is 292 g/mol. The van der Waals surface area contributed by atoms with E-state index in [1.807, 2.05) is 51.2 Å². The summed E-state index contributed by atoms with van der Waals surface area (Å²) in [6, 6.07) is 9.79. The number of guanidine groups is 1. The molecule has 0 saturated carbocycles. The van der Waals surface area contributed by atoms with Crippen LogP contribution in [0.25, 0.3) is 0 Å². The van der Waals surface area contributed by atoms with Crippen LogP contribution < -0.4 is 15.4 Å². The molecule has 0 radical (unpaired) electrons. The van der Waals surface area contributed by atoms with Gasteiger partial charge < -0.3 is 15.4 Å². The van der Waals surface area contributed by atoms with Gasteiger partial charge in [-0.15, -0.1) is 0 Å². The van der Waals surface area contributed by atoms with Gasteiger partial charge in [0.15, 0.2) is 5.96 Å². The molecule has 7 heteroatoms. The summed E-state index contributed by atoms with van der Waals surface area (Å²) in [6.07, 6.45) is 1.55. The Kier molecular flexibility index (Phi) is 6.40. The third-order valence-corrected chi connectivity index (χ3v) is 3.17. The van der Waals surface area contributed by atoms with Crippen molar-refractivity contribution in [3.63, 3.8) is 0 Å². The molecule has 0 bridgehead atoms. The van der Waals surface area contributed by atoms with E-state index in [2.05, 4.69) is 25.7 Å². The number of nitrogens with one attached hydrogen (secondary N) is 2. The van der Waals surface area contributed by atoms with E-state index in [4.69, 9.17) is 4.74 Å². The van der Waals surface area contributed by atoms with Crippen molar-refractivity contribution in [1.82, 2.24) is 25.4 Å². The largest absolute Gasteiger partial charge is 0.489 e. The van der Waals surface area contributed by atoms with Gasteiger partial charge in [0.2, 0.25) is 0 Å². The Morgan fingerprint density at radius 3 is 2.74 bits per heavy atom. The average molecular weight is 316 g/mol. The second-order valence-electron chi connectivity index (χ2n) is 5.12. The van der Waals surface area contributed by atoms with Crippen LogP contribution in [0, 0.1) is 0 Å². The fourth-order valence-corrected chi connectivity index (χ4v) is 1.97. The molecule has 0 aliphatic carbocycles. The zero-order valence-electron chi connectivity index (χ0n) is 13.9. The second kappa shape index (κ2) is 8.77. The van der Waals surface area contributed by atoms with Crippen molar-refractivity contribution < 1.29 is 4.74 Å². The molecule has 0 saturated heterocycles. The Bertz CT molecular complexity index is 610. The number of aliphatic imine (C=N–C) groups is 1. The van der Waals surface area contributed by atoms with Crippen LogP contribution in [-0.4, -0.2) is 39.9 Å². The first-order valence-corrected chi connectivity index (χ1v) is 7.75. The molecule has 1 aromatic carbocycles. The molecule has 0 amide bonds. The summed E-state index contributed by atoms with van der Waals surface area (Å²) in [5.74, 6) is 2.41. The molecule has 2 aromatic rings. The Labute approximate surface area is 136 Å². The fourth-order valence-electron chi connectivity index (χ4n) is 1.97. The molecule has 0 aliphatic rings. The molecule has 1 atom stereocenters. The van der Waals surface area contributed by atoms with Gasteiger partial charge in [0, 0.05) is 13.6 Å². The smallest absolute Gasteiger partial charge is 0.191 e. The fraction of sp³-hybridized carbons (Fsp3) is 0.438. The number of ether oxygens (including phenoxy) is 1. The predicted molar refractivity (Wildman–Crippen MR) is 90.4 cm³/mol. The number of hydrogen-bond acceptors (Lipinski definition) is 4. The highest BCUT2D eigenvalue weighted by Crippen LogP contribution is 2.10. The first kappa shape index (κ1) is 16.8. The quantitative estimate of drug-likeness (QED) is 0.595. The third kappa shape index (κ3) is 5.61. The highest BCUT2D eigenvalue weighted by molar-refractivity contribution is 5.79. The SMILES string of the molecule is CCNC(=NCc1ncnn1C)NCC(C)Oc1ccccc1. The Morgan fingerprint density at radius 2 is 2.09 bits per heavy atom. The lowest BCUT2D eigenvalue weighted by molar-refractivity contribution is 0.224. The minimum Gasteiger partial charge on any atom is -0.489 e. The molecule has 1 heterocycles. The Balaban J connectivity index is 1.85. The van der Waals surface area contributed by atoms with Gasteiger partial charge in [-0.25, -0.2) is 9.98 Å². The molecule has 1 unspecified atom stereocenters. The Morgan fingerprint density at radius 1 is 1.30 bits per heavy atom. The maximum absolute atomic E-state index is 5.84. The van der Waals surface area contributed by atoms with E-state index in [1.165, 1.54) is 6.33 Å². The molecule has 124 valence electrons. The minimum atomic E-state index is 0.0242. The molecule has 7 nitrogen and oxygen atoms in total. The zero-order valence-corrected chi connectivity index (χ0v) is 13.9. The van der Waals surface area contributed by atoms with E-state index in [0.717, 1.165) is 24.1 Å². The van der Waals surface area contributed by atoms with Gasteiger partial charge in [-0.2, -0.15) is 5.10 Å². The van der Waals surface area contributed by atoms with Crippen LogP contribution in [0.15, 0.2) is 41.7 Å². The molecule has 0 spiro atoms. The first-order chi connectivity index (χ1) is 11.2. The Hall–Kier alpha value is -2.57. The number of nitrogens with zero attached hydrogens (tertiary/aromatic N) is 4. The van der Waals surface area contributed by atoms with Crippen molar-refractivity contribution in [2.75, 3.05) is 13.1 Å². The minimum absolute atomic E-state index is 0.0242. The van der Waals surface area contributed by atoms with E-state index < -0.39 is 0 Å². The summed E-state index contributed by atoms with van der Waals surface area (Å²) in [4.78, 5) is 8.67. The average Bonchev–Trinajstić information content (AvgIpc) is 2.96. The van der Waals surface area contributed by atoms with Crippen molar-refractivity contribution >= 4 is 5.96 Å². The molecule has 0 aliphatic heterocycles. The van der Waals surface area contributed by atoms with Crippen LogP contribution in [0.5, 0.6) is 5.75 Å². The van der Waals surface area contributed by atoms with Crippen molar-refractivity contribution in [2.45, 2.75) is 26.5 Å². The summed E-state index contributed by atoms with van der Waals surface area (Å²) in [6.45, 7) is 5.97. The predicted octanol–water partition coefficient (Wildman–Crippen LogP) is 1.34. The lowest BCUT2D eigenvalue weighted by atomic mass is 10.3. The highest BCUT2D eigenvalue weighted by atomic mass is 16.5. The van der Waals surface area contributed by atoms with Crippen LogP contribution >= 0.6 is 0 Å². The normalized spacial score (nSPS) is 12.7.